The first-order chi connectivity index (χ1) is 8.63. The molecule has 0 aliphatic carbocycles. The minimum absolute atomic E-state index is 0.0957. The van der Waals surface area contributed by atoms with E-state index >= 15 is 0 Å². The Morgan fingerprint density at radius 1 is 1.44 bits per heavy atom. The van der Waals surface area contributed by atoms with Crippen LogP contribution in [-0.2, 0) is 19.4 Å². The number of aryl methyl sites for hydroxylation is 3. The molecule has 5 heteroatoms. The van der Waals surface area contributed by atoms with Crippen molar-refractivity contribution in [2.45, 2.75) is 40.2 Å². The molecule has 18 heavy (non-hydrogen) atoms. The van der Waals surface area contributed by atoms with Crippen molar-refractivity contribution in [3.63, 3.8) is 0 Å². The lowest BCUT2D eigenvalue weighted by atomic mass is 10.2. The Hall–Kier alpha value is -1.49. The quantitative estimate of drug-likeness (QED) is 0.779. The van der Waals surface area contributed by atoms with E-state index in [0.29, 0.717) is 12.1 Å². The highest BCUT2D eigenvalue weighted by Crippen LogP contribution is 2.14. The molecule has 0 saturated heterocycles. The molecule has 0 spiro atoms. The van der Waals surface area contributed by atoms with Gasteiger partial charge in [-0.25, -0.2) is 4.98 Å². The third-order valence-electron chi connectivity index (χ3n) is 2.76. The van der Waals surface area contributed by atoms with Crippen LogP contribution in [0.4, 0.5) is 0 Å². The third kappa shape index (κ3) is 2.67. The van der Waals surface area contributed by atoms with Crippen molar-refractivity contribution < 1.29 is 4.79 Å². The molecule has 2 rings (SSSR count). The molecular weight excluding hydrogens is 246 g/mol. The second-order valence-corrected chi connectivity index (χ2v) is 5.12. The first kappa shape index (κ1) is 13.0. The second kappa shape index (κ2) is 5.44. The lowest BCUT2D eigenvalue weighted by Gasteiger charge is -2.01. The molecule has 96 valence electrons. The van der Waals surface area contributed by atoms with Crippen LogP contribution in [0.2, 0.25) is 0 Å². The molecule has 0 aliphatic heterocycles. The largest absolute Gasteiger partial charge is 0.292 e. The van der Waals surface area contributed by atoms with Gasteiger partial charge in [0.05, 0.1) is 12.1 Å². The molecule has 4 nitrogen and oxygen atoms in total. The summed E-state index contributed by atoms with van der Waals surface area (Å²) in [4.78, 5) is 16.6. The van der Waals surface area contributed by atoms with Gasteiger partial charge >= 0.3 is 0 Å². The molecule has 0 radical (unpaired) electrons. The SMILES string of the molecule is CCc1cc(C(=O)Cc2nc(C)cs2)n(CC)n1. The fraction of sp³-hybridized carbons (Fsp3) is 0.462. The first-order valence-corrected chi connectivity index (χ1v) is 7.03. The van der Waals surface area contributed by atoms with E-state index in [9.17, 15) is 4.79 Å². The average molecular weight is 263 g/mol. The Balaban J connectivity index is 2.20. The van der Waals surface area contributed by atoms with E-state index < -0.39 is 0 Å². The number of carbonyl (C=O) groups excluding carboxylic acids is 1. The molecule has 0 unspecified atom stereocenters. The molecule has 0 amide bonds. The van der Waals surface area contributed by atoms with Crippen LogP contribution in [0, 0.1) is 6.92 Å². The molecular formula is C13H17N3OS. The van der Waals surface area contributed by atoms with Gasteiger partial charge in [0.25, 0.3) is 0 Å². The van der Waals surface area contributed by atoms with Crippen LogP contribution < -0.4 is 0 Å². The number of nitrogens with zero attached hydrogens (tertiary/aromatic N) is 3. The van der Waals surface area contributed by atoms with Gasteiger partial charge in [-0.1, -0.05) is 6.92 Å². The van der Waals surface area contributed by atoms with Gasteiger partial charge in [-0.05, 0) is 26.3 Å². The number of aromatic nitrogens is 3. The number of rotatable bonds is 5. The van der Waals surface area contributed by atoms with Crippen LogP contribution in [0.3, 0.4) is 0 Å². The van der Waals surface area contributed by atoms with Gasteiger partial charge in [-0.3, -0.25) is 9.48 Å². The van der Waals surface area contributed by atoms with E-state index in [2.05, 4.69) is 10.1 Å². The highest BCUT2D eigenvalue weighted by atomic mass is 32.1. The fourth-order valence-corrected chi connectivity index (χ4v) is 2.59. The fourth-order valence-electron chi connectivity index (χ4n) is 1.82. The monoisotopic (exact) mass is 263 g/mol. The number of ketones is 1. The topological polar surface area (TPSA) is 47.8 Å². The van der Waals surface area contributed by atoms with Crippen LogP contribution in [-0.4, -0.2) is 20.5 Å². The molecule has 0 fully saturated rings. The van der Waals surface area contributed by atoms with Crippen molar-refractivity contribution in [3.05, 3.63) is 33.5 Å². The molecule has 2 aromatic rings. The molecule has 0 aliphatic rings. The second-order valence-electron chi connectivity index (χ2n) is 4.17. The van der Waals surface area contributed by atoms with Gasteiger partial charge in [0.15, 0.2) is 5.78 Å². The summed E-state index contributed by atoms with van der Waals surface area (Å²) in [6, 6.07) is 1.90. The van der Waals surface area contributed by atoms with E-state index in [1.165, 1.54) is 11.3 Å². The van der Waals surface area contributed by atoms with Crippen LogP contribution in [0.15, 0.2) is 11.4 Å². The van der Waals surface area contributed by atoms with Crippen molar-refractivity contribution in [2.24, 2.45) is 0 Å². The van der Waals surface area contributed by atoms with Crippen LogP contribution in [0.25, 0.3) is 0 Å². The van der Waals surface area contributed by atoms with E-state index in [1.807, 2.05) is 32.2 Å². The average Bonchev–Trinajstić information content (AvgIpc) is 2.95. The smallest absolute Gasteiger partial charge is 0.187 e. The highest BCUT2D eigenvalue weighted by Gasteiger charge is 2.15. The molecule has 0 N–H and O–H groups in total. The summed E-state index contributed by atoms with van der Waals surface area (Å²) in [5, 5.41) is 7.24. The zero-order valence-corrected chi connectivity index (χ0v) is 11.8. The summed E-state index contributed by atoms with van der Waals surface area (Å²) < 4.78 is 1.78. The molecule has 0 saturated carbocycles. The summed E-state index contributed by atoms with van der Waals surface area (Å²) in [5.41, 5.74) is 2.64. The lowest BCUT2D eigenvalue weighted by molar-refractivity contribution is 0.0982. The highest BCUT2D eigenvalue weighted by molar-refractivity contribution is 7.09. The number of hydrogen-bond donors (Lipinski definition) is 0. The number of Topliss-reactive ketones (excluding diaryl/α,β-unsaturated/α-hetero) is 1. The Morgan fingerprint density at radius 3 is 2.78 bits per heavy atom. The molecule has 2 heterocycles. The lowest BCUT2D eigenvalue weighted by Crippen LogP contribution is -2.11. The Morgan fingerprint density at radius 2 is 2.22 bits per heavy atom. The zero-order chi connectivity index (χ0) is 13.1. The van der Waals surface area contributed by atoms with Crippen molar-refractivity contribution in [1.29, 1.82) is 0 Å². The van der Waals surface area contributed by atoms with Gasteiger partial charge in [-0.15, -0.1) is 11.3 Å². The van der Waals surface area contributed by atoms with Crippen LogP contribution >= 0.6 is 11.3 Å². The van der Waals surface area contributed by atoms with E-state index in [-0.39, 0.29) is 5.78 Å². The third-order valence-corrected chi connectivity index (χ3v) is 3.72. The standard InChI is InChI=1S/C13H17N3OS/c1-4-10-6-11(16(5-2)15-10)12(17)7-13-14-9(3)8-18-13/h6,8H,4-5,7H2,1-3H3. The van der Waals surface area contributed by atoms with E-state index in [0.717, 1.165) is 29.4 Å². The van der Waals surface area contributed by atoms with Gasteiger partial charge in [0.1, 0.15) is 10.7 Å². The van der Waals surface area contributed by atoms with Gasteiger partial charge in [0.2, 0.25) is 0 Å². The first-order valence-electron chi connectivity index (χ1n) is 6.15. The maximum absolute atomic E-state index is 12.2. The minimum Gasteiger partial charge on any atom is -0.292 e. The summed E-state index contributed by atoms with van der Waals surface area (Å²) in [6.07, 6.45) is 1.22. The molecule has 0 atom stereocenters. The minimum atomic E-state index is 0.0957. The van der Waals surface area contributed by atoms with Crippen LogP contribution in [0.1, 0.15) is 40.7 Å². The Kier molecular flexibility index (Phi) is 3.91. The molecule has 0 bridgehead atoms. The van der Waals surface area contributed by atoms with Crippen molar-refractivity contribution in [1.82, 2.24) is 14.8 Å². The van der Waals surface area contributed by atoms with Crippen molar-refractivity contribution in [2.75, 3.05) is 0 Å². The molecule has 0 aromatic carbocycles. The van der Waals surface area contributed by atoms with Crippen LogP contribution in [0.5, 0.6) is 0 Å². The predicted octanol–water partition coefficient (Wildman–Crippen LogP) is 2.66. The van der Waals surface area contributed by atoms with Gasteiger partial charge in [0, 0.05) is 17.6 Å². The normalized spacial score (nSPS) is 10.8. The number of carbonyl (C=O) groups is 1. The predicted molar refractivity (Wildman–Crippen MR) is 72.2 cm³/mol. The Bertz CT molecular complexity index is 556. The zero-order valence-electron chi connectivity index (χ0n) is 10.9. The molecule has 2 aromatic heterocycles. The summed E-state index contributed by atoms with van der Waals surface area (Å²) in [5.74, 6) is 0.0957. The maximum atomic E-state index is 12.2. The number of hydrogen-bond acceptors (Lipinski definition) is 4. The van der Waals surface area contributed by atoms with Gasteiger partial charge in [-0.2, -0.15) is 5.10 Å². The van der Waals surface area contributed by atoms with Crippen molar-refractivity contribution >= 4 is 17.1 Å². The summed E-state index contributed by atoms with van der Waals surface area (Å²) in [6.45, 7) is 6.70. The summed E-state index contributed by atoms with van der Waals surface area (Å²) >= 11 is 1.54. The van der Waals surface area contributed by atoms with E-state index in [1.54, 1.807) is 4.68 Å². The van der Waals surface area contributed by atoms with E-state index in [4.69, 9.17) is 0 Å². The summed E-state index contributed by atoms with van der Waals surface area (Å²) in [7, 11) is 0. The van der Waals surface area contributed by atoms with Crippen molar-refractivity contribution in [3.8, 4) is 0 Å². The number of thiazole rings is 1. The van der Waals surface area contributed by atoms with Gasteiger partial charge < -0.3 is 0 Å². The maximum Gasteiger partial charge on any atom is 0.187 e. The Labute approximate surface area is 111 Å².